The third-order valence-electron chi connectivity index (χ3n) is 9.18. The first-order valence-corrected chi connectivity index (χ1v) is 13.5. The highest BCUT2D eigenvalue weighted by molar-refractivity contribution is 5.91. The number of alkyl carbamates (subject to hydrolysis) is 1. The molecule has 6 rings (SSSR count). The fourth-order valence-electron chi connectivity index (χ4n) is 6.65. The number of ether oxygens (including phenoxy) is 1. The molecule has 3 N–H and O–H groups in total. The van der Waals surface area contributed by atoms with Crippen LogP contribution in [0.3, 0.4) is 0 Å². The summed E-state index contributed by atoms with van der Waals surface area (Å²) in [6, 6.07) is 18.1. The van der Waals surface area contributed by atoms with Gasteiger partial charge in [0.1, 0.15) is 11.6 Å². The molecule has 0 unspecified atom stereocenters. The summed E-state index contributed by atoms with van der Waals surface area (Å²) >= 11 is 0. The SMILES string of the molecule is C[C@H]1[C@@H](OC(=O)N[C@@](C)(Cc2c[nH]c3ccccc23)C(=O)NCCc2ccccc2)C[C@@H]2C[C@H]1C2(C)C. The third kappa shape index (κ3) is 4.98. The molecule has 3 fully saturated rings. The highest BCUT2D eigenvalue weighted by atomic mass is 16.6. The first-order chi connectivity index (χ1) is 17.7. The number of benzene rings is 2. The Morgan fingerprint density at radius 1 is 1.08 bits per heavy atom. The molecule has 5 atom stereocenters. The maximum Gasteiger partial charge on any atom is 0.408 e. The fourth-order valence-corrected chi connectivity index (χ4v) is 6.65. The second-order valence-electron chi connectivity index (χ2n) is 11.9. The zero-order chi connectivity index (χ0) is 26.2. The Morgan fingerprint density at radius 2 is 1.81 bits per heavy atom. The zero-order valence-corrected chi connectivity index (χ0v) is 22.3. The molecule has 1 aromatic heterocycles. The van der Waals surface area contributed by atoms with E-state index in [1.165, 1.54) is 6.42 Å². The molecule has 2 bridgehead atoms. The molecule has 6 nitrogen and oxygen atoms in total. The molecule has 37 heavy (non-hydrogen) atoms. The molecule has 0 aliphatic heterocycles. The zero-order valence-electron chi connectivity index (χ0n) is 22.3. The van der Waals surface area contributed by atoms with Crippen LogP contribution in [0, 0.1) is 23.2 Å². The predicted molar refractivity (Wildman–Crippen MR) is 146 cm³/mol. The van der Waals surface area contributed by atoms with Crippen LogP contribution < -0.4 is 10.6 Å². The quantitative estimate of drug-likeness (QED) is 0.374. The van der Waals surface area contributed by atoms with Crippen molar-refractivity contribution in [3.63, 3.8) is 0 Å². The lowest BCUT2D eigenvalue weighted by atomic mass is 9.45. The molecule has 2 aromatic carbocycles. The number of carbonyl (C=O) groups excluding carboxylic acids is 2. The topological polar surface area (TPSA) is 83.2 Å². The molecule has 0 saturated heterocycles. The van der Waals surface area contributed by atoms with Crippen molar-refractivity contribution in [1.82, 2.24) is 15.6 Å². The van der Waals surface area contributed by atoms with Crippen molar-refractivity contribution in [1.29, 1.82) is 0 Å². The summed E-state index contributed by atoms with van der Waals surface area (Å²) < 4.78 is 5.99. The molecule has 3 aliphatic carbocycles. The van der Waals surface area contributed by atoms with E-state index in [-0.39, 0.29) is 12.0 Å². The van der Waals surface area contributed by atoms with Gasteiger partial charge in [-0.25, -0.2) is 4.79 Å². The van der Waals surface area contributed by atoms with Crippen LogP contribution in [0.5, 0.6) is 0 Å². The number of amides is 2. The van der Waals surface area contributed by atoms with Crippen LogP contribution in [-0.2, 0) is 22.4 Å². The van der Waals surface area contributed by atoms with Gasteiger partial charge >= 0.3 is 6.09 Å². The lowest BCUT2D eigenvalue weighted by Gasteiger charge is -2.61. The highest BCUT2D eigenvalue weighted by Crippen LogP contribution is 2.61. The normalized spacial score (nSPS) is 25.5. The van der Waals surface area contributed by atoms with E-state index in [0.717, 1.165) is 34.9 Å². The summed E-state index contributed by atoms with van der Waals surface area (Å²) in [6.07, 6.45) is 4.47. The average Bonchev–Trinajstić information content (AvgIpc) is 3.27. The summed E-state index contributed by atoms with van der Waals surface area (Å²) in [4.78, 5) is 30.1. The van der Waals surface area contributed by atoms with Crippen molar-refractivity contribution >= 4 is 22.9 Å². The molecule has 3 aromatic rings. The molecule has 0 radical (unpaired) electrons. The van der Waals surface area contributed by atoms with Crippen LogP contribution in [0.1, 0.15) is 51.7 Å². The van der Waals surface area contributed by atoms with E-state index in [2.05, 4.69) is 36.4 Å². The van der Waals surface area contributed by atoms with Gasteiger partial charge in [0.25, 0.3) is 0 Å². The summed E-state index contributed by atoms with van der Waals surface area (Å²) in [6.45, 7) is 9.13. The largest absolute Gasteiger partial charge is 0.446 e. The van der Waals surface area contributed by atoms with Gasteiger partial charge in [0.15, 0.2) is 0 Å². The Kier molecular flexibility index (Phi) is 6.78. The van der Waals surface area contributed by atoms with Crippen LogP contribution >= 0.6 is 0 Å². The van der Waals surface area contributed by atoms with E-state index < -0.39 is 11.6 Å². The van der Waals surface area contributed by atoms with Crippen LogP contribution in [-0.4, -0.2) is 35.2 Å². The molecule has 3 saturated carbocycles. The lowest BCUT2D eigenvalue weighted by molar-refractivity contribution is -0.155. The van der Waals surface area contributed by atoms with E-state index in [1.54, 1.807) is 6.92 Å². The Bertz CT molecular complexity index is 1270. The van der Waals surface area contributed by atoms with Crippen molar-refractivity contribution in [3.8, 4) is 0 Å². The first-order valence-electron chi connectivity index (χ1n) is 13.5. The van der Waals surface area contributed by atoms with E-state index >= 15 is 0 Å². The fraction of sp³-hybridized carbons (Fsp3) is 0.484. The minimum Gasteiger partial charge on any atom is -0.446 e. The van der Waals surface area contributed by atoms with Gasteiger partial charge in [0, 0.05) is 30.1 Å². The number of fused-ring (bicyclic) bond motifs is 3. The number of nitrogens with one attached hydrogen (secondary N) is 3. The first kappa shape index (κ1) is 25.4. The monoisotopic (exact) mass is 501 g/mol. The molecule has 3 aliphatic rings. The van der Waals surface area contributed by atoms with Crippen molar-refractivity contribution in [2.24, 2.45) is 23.2 Å². The molecule has 2 amide bonds. The van der Waals surface area contributed by atoms with Crippen molar-refractivity contribution < 1.29 is 14.3 Å². The van der Waals surface area contributed by atoms with E-state index in [1.807, 2.05) is 60.8 Å². The van der Waals surface area contributed by atoms with Gasteiger partial charge in [-0.3, -0.25) is 4.79 Å². The van der Waals surface area contributed by atoms with Gasteiger partial charge in [-0.1, -0.05) is 69.3 Å². The predicted octanol–water partition coefficient (Wildman–Crippen LogP) is 5.62. The lowest BCUT2D eigenvalue weighted by Crippen LogP contribution is -2.61. The number of aromatic nitrogens is 1. The van der Waals surface area contributed by atoms with Crippen molar-refractivity contribution in [2.75, 3.05) is 6.54 Å². The van der Waals surface area contributed by atoms with Gasteiger partial charge in [-0.2, -0.15) is 0 Å². The summed E-state index contributed by atoms with van der Waals surface area (Å²) in [5.41, 5.74) is 2.29. The summed E-state index contributed by atoms with van der Waals surface area (Å²) in [5, 5.41) is 7.08. The van der Waals surface area contributed by atoms with Crippen LogP contribution in [0.15, 0.2) is 60.8 Å². The maximum absolute atomic E-state index is 13.6. The third-order valence-corrected chi connectivity index (χ3v) is 9.18. The molecular formula is C31H39N3O3. The number of aromatic amines is 1. The van der Waals surface area contributed by atoms with Crippen molar-refractivity contribution in [3.05, 3.63) is 71.9 Å². The number of hydrogen-bond acceptors (Lipinski definition) is 3. The molecule has 6 heteroatoms. The Morgan fingerprint density at radius 3 is 2.54 bits per heavy atom. The number of H-pyrrole nitrogens is 1. The highest BCUT2D eigenvalue weighted by Gasteiger charge is 2.57. The van der Waals surface area contributed by atoms with Gasteiger partial charge < -0.3 is 20.4 Å². The second kappa shape index (κ2) is 9.88. The number of rotatable bonds is 8. The van der Waals surface area contributed by atoms with Crippen LogP contribution in [0.4, 0.5) is 4.79 Å². The standard InChI is InChI=1S/C31H39N3O3/c1-20-25-16-23(30(25,2)3)17-27(20)37-29(36)34-31(4,18-22-19-33-26-13-9-8-12-24(22)26)28(35)32-15-14-21-10-6-5-7-11-21/h5-13,19-20,23,25,27,33H,14-18H2,1-4H3,(H,32,35)(H,34,36)/t20-,23+,25-,27+,31+/m1/s1. The van der Waals surface area contributed by atoms with Gasteiger partial charge in [-0.05, 0) is 66.5 Å². The maximum atomic E-state index is 13.6. The number of carbonyl (C=O) groups is 2. The van der Waals surface area contributed by atoms with Gasteiger partial charge in [0.05, 0.1) is 0 Å². The molecule has 196 valence electrons. The molecular weight excluding hydrogens is 462 g/mol. The smallest absolute Gasteiger partial charge is 0.408 e. The van der Waals surface area contributed by atoms with Crippen LogP contribution in [0.25, 0.3) is 10.9 Å². The molecule has 0 spiro atoms. The minimum atomic E-state index is -1.17. The number of hydrogen-bond donors (Lipinski definition) is 3. The Labute approximate surface area is 219 Å². The molecule has 1 heterocycles. The Hall–Kier alpha value is -3.28. The van der Waals surface area contributed by atoms with Crippen molar-refractivity contribution in [2.45, 2.75) is 65.0 Å². The van der Waals surface area contributed by atoms with E-state index in [9.17, 15) is 9.59 Å². The minimum absolute atomic E-state index is 0.116. The summed E-state index contributed by atoms with van der Waals surface area (Å²) in [7, 11) is 0. The van der Waals surface area contributed by atoms with E-state index in [0.29, 0.717) is 36.1 Å². The Balaban J connectivity index is 1.29. The number of para-hydroxylation sites is 1. The van der Waals surface area contributed by atoms with Gasteiger partial charge in [-0.15, -0.1) is 0 Å². The second-order valence-corrected chi connectivity index (χ2v) is 11.9. The summed E-state index contributed by atoms with van der Waals surface area (Å²) in [5.74, 6) is 1.25. The average molecular weight is 502 g/mol. The van der Waals surface area contributed by atoms with Gasteiger partial charge in [0.2, 0.25) is 5.91 Å². The van der Waals surface area contributed by atoms with E-state index in [4.69, 9.17) is 4.74 Å². The van der Waals surface area contributed by atoms with Crippen LogP contribution in [0.2, 0.25) is 0 Å².